The fourth-order valence-corrected chi connectivity index (χ4v) is 4.18. The van der Waals surface area contributed by atoms with Crippen LogP contribution in [0.25, 0.3) is 0 Å². The molecule has 0 spiro atoms. The van der Waals surface area contributed by atoms with Gasteiger partial charge in [0, 0.05) is 6.54 Å². The number of carbonyl (C=O) groups excluding carboxylic acids is 1. The summed E-state index contributed by atoms with van der Waals surface area (Å²) in [5, 5.41) is 14.7. The Kier molecular flexibility index (Phi) is 6.16. The molecule has 0 bridgehead atoms. The Labute approximate surface area is 136 Å². The van der Waals surface area contributed by atoms with Crippen molar-refractivity contribution in [3.05, 3.63) is 27.9 Å². The summed E-state index contributed by atoms with van der Waals surface area (Å²) in [6, 6.07) is 2.29. The van der Waals surface area contributed by atoms with Gasteiger partial charge in [-0.2, -0.15) is 11.3 Å². The summed E-state index contributed by atoms with van der Waals surface area (Å²) in [5.74, 6) is 0.0253. The highest BCUT2D eigenvalue weighted by molar-refractivity contribution is 8.02. The summed E-state index contributed by atoms with van der Waals surface area (Å²) >= 11 is 4.56. The summed E-state index contributed by atoms with van der Waals surface area (Å²) in [5.41, 5.74) is 2.90. The molecule has 2 rings (SSSR count). The molecular weight excluding hydrogens is 324 g/mol. The third kappa shape index (κ3) is 4.77. The van der Waals surface area contributed by atoms with Crippen LogP contribution in [0, 0.1) is 0 Å². The van der Waals surface area contributed by atoms with Gasteiger partial charge in [0.15, 0.2) is 4.34 Å². The van der Waals surface area contributed by atoms with Crippen molar-refractivity contribution in [2.24, 2.45) is 0 Å². The van der Waals surface area contributed by atoms with Crippen LogP contribution in [0.4, 0.5) is 0 Å². The zero-order valence-corrected chi connectivity index (χ0v) is 14.6. The Morgan fingerprint density at radius 3 is 2.90 bits per heavy atom. The van der Waals surface area contributed by atoms with Crippen molar-refractivity contribution in [1.82, 2.24) is 20.4 Å². The summed E-state index contributed by atoms with van der Waals surface area (Å²) in [6.07, 6.45) is 0. The molecule has 0 aliphatic carbocycles. The molecule has 2 aromatic heterocycles. The average molecular weight is 343 g/mol. The maximum Gasteiger partial charge on any atom is 0.233 e. The lowest BCUT2D eigenvalue weighted by Crippen LogP contribution is -2.37. The van der Waals surface area contributed by atoms with E-state index < -0.39 is 0 Å². The molecule has 2 heterocycles. The van der Waals surface area contributed by atoms with E-state index >= 15 is 0 Å². The van der Waals surface area contributed by atoms with Crippen LogP contribution < -0.4 is 5.32 Å². The first-order valence-electron chi connectivity index (χ1n) is 6.47. The number of rotatable bonds is 7. The van der Waals surface area contributed by atoms with Crippen molar-refractivity contribution in [3.63, 3.8) is 0 Å². The number of nitrogens with zero attached hydrogens (tertiary/aromatic N) is 3. The minimum atomic E-state index is -0.178. The van der Waals surface area contributed by atoms with Gasteiger partial charge < -0.3 is 10.2 Å². The van der Waals surface area contributed by atoms with E-state index in [1.54, 1.807) is 16.8 Å². The second-order valence-corrected chi connectivity index (χ2v) is 7.95. The van der Waals surface area contributed by atoms with Crippen molar-refractivity contribution in [1.29, 1.82) is 0 Å². The summed E-state index contributed by atoms with van der Waals surface area (Å²) in [6.45, 7) is 2.49. The van der Waals surface area contributed by atoms with Gasteiger partial charge in [0.25, 0.3) is 0 Å². The monoisotopic (exact) mass is 342 g/mol. The molecule has 0 saturated heterocycles. The topological polar surface area (TPSA) is 58.1 Å². The van der Waals surface area contributed by atoms with Gasteiger partial charge in [-0.1, -0.05) is 23.1 Å². The highest BCUT2D eigenvalue weighted by atomic mass is 32.2. The standard InChI is InChI=1S/C13H18N4OS3/c1-9(21-13-16-15-8-20-13)12(18)14-6-11(17(2)3)10-4-5-19-7-10/h4-5,7-9,11H,6H2,1-3H3,(H,14,18)/t9-,11-/m1/s1. The molecule has 0 radical (unpaired) electrons. The van der Waals surface area contributed by atoms with Crippen LogP contribution in [0.15, 0.2) is 26.7 Å². The predicted octanol–water partition coefficient (Wildman–Crippen LogP) is 2.50. The van der Waals surface area contributed by atoms with E-state index in [9.17, 15) is 4.79 Å². The second-order valence-electron chi connectivity index (χ2n) is 4.75. The molecule has 8 heteroatoms. The fraction of sp³-hybridized carbons (Fsp3) is 0.462. The highest BCUT2D eigenvalue weighted by Crippen LogP contribution is 2.24. The first-order valence-corrected chi connectivity index (χ1v) is 9.17. The number of hydrogen-bond donors (Lipinski definition) is 1. The van der Waals surface area contributed by atoms with E-state index in [1.807, 2.05) is 21.0 Å². The molecule has 0 aromatic carbocycles. The maximum atomic E-state index is 12.2. The third-order valence-corrected chi connectivity index (χ3v) is 5.62. The Morgan fingerprint density at radius 1 is 1.52 bits per heavy atom. The number of hydrogen-bond acceptors (Lipinski definition) is 7. The maximum absolute atomic E-state index is 12.2. The molecule has 5 nitrogen and oxygen atoms in total. The predicted molar refractivity (Wildman–Crippen MR) is 89.0 cm³/mol. The van der Waals surface area contributed by atoms with Crippen LogP contribution in [0.5, 0.6) is 0 Å². The lowest BCUT2D eigenvalue weighted by Gasteiger charge is -2.24. The van der Waals surface area contributed by atoms with E-state index in [0.717, 1.165) is 4.34 Å². The molecule has 1 amide bonds. The van der Waals surface area contributed by atoms with E-state index in [4.69, 9.17) is 0 Å². The Hall–Kier alpha value is -0.960. The lowest BCUT2D eigenvalue weighted by molar-refractivity contribution is -0.120. The number of nitrogens with one attached hydrogen (secondary N) is 1. The molecule has 0 fully saturated rings. The number of amides is 1. The van der Waals surface area contributed by atoms with Crippen LogP contribution in [-0.4, -0.2) is 46.9 Å². The van der Waals surface area contributed by atoms with Gasteiger partial charge >= 0.3 is 0 Å². The molecule has 1 N–H and O–H groups in total. The van der Waals surface area contributed by atoms with Gasteiger partial charge in [-0.05, 0) is 43.4 Å². The number of thiophene rings is 1. The van der Waals surface area contributed by atoms with Crippen LogP contribution >= 0.6 is 34.4 Å². The molecule has 2 atom stereocenters. The second kappa shape index (κ2) is 7.88. The number of thioether (sulfide) groups is 1. The molecule has 114 valence electrons. The first kappa shape index (κ1) is 16.4. The first-order chi connectivity index (χ1) is 10.1. The summed E-state index contributed by atoms with van der Waals surface area (Å²) in [4.78, 5) is 14.3. The van der Waals surface area contributed by atoms with Gasteiger partial charge in [-0.3, -0.25) is 4.79 Å². The lowest BCUT2D eigenvalue weighted by atomic mass is 10.1. The van der Waals surface area contributed by atoms with Crippen LogP contribution in [0.2, 0.25) is 0 Å². The fourth-order valence-electron chi connectivity index (χ4n) is 1.82. The average Bonchev–Trinajstić information content (AvgIpc) is 3.11. The van der Waals surface area contributed by atoms with Gasteiger partial charge in [0.05, 0.1) is 11.3 Å². The quantitative estimate of drug-likeness (QED) is 0.784. The van der Waals surface area contributed by atoms with Gasteiger partial charge in [-0.25, -0.2) is 0 Å². The number of carbonyl (C=O) groups is 1. The van der Waals surface area contributed by atoms with Crippen LogP contribution in [0.1, 0.15) is 18.5 Å². The van der Waals surface area contributed by atoms with Gasteiger partial charge in [-0.15, -0.1) is 10.2 Å². The van der Waals surface area contributed by atoms with Gasteiger partial charge in [0.1, 0.15) is 5.51 Å². The minimum absolute atomic E-state index is 0.0253. The van der Waals surface area contributed by atoms with E-state index in [2.05, 4.69) is 37.2 Å². The number of likely N-dealkylation sites (N-methyl/N-ethyl adjacent to an activating group) is 1. The van der Waals surface area contributed by atoms with Crippen molar-refractivity contribution in [3.8, 4) is 0 Å². The molecule has 21 heavy (non-hydrogen) atoms. The zero-order chi connectivity index (χ0) is 15.2. The van der Waals surface area contributed by atoms with Crippen LogP contribution in [0.3, 0.4) is 0 Å². The molecule has 0 saturated carbocycles. The number of aromatic nitrogens is 2. The van der Waals surface area contributed by atoms with E-state index in [-0.39, 0.29) is 17.2 Å². The van der Waals surface area contributed by atoms with E-state index in [0.29, 0.717) is 6.54 Å². The van der Waals surface area contributed by atoms with Crippen molar-refractivity contribution < 1.29 is 4.79 Å². The van der Waals surface area contributed by atoms with E-state index in [1.165, 1.54) is 28.7 Å². The minimum Gasteiger partial charge on any atom is -0.353 e. The Balaban J connectivity index is 1.87. The molecule has 0 aliphatic rings. The molecule has 0 unspecified atom stereocenters. The Morgan fingerprint density at radius 2 is 2.33 bits per heavy atom. The van der Waals surface area contributed by atoms with Crippen molar-refractivity contribution in [2.75, 3.05) is 20.6 Å². The molecule has 2 aromatic rings. The van der Waals surface area contributed by atoms with Gasteiger partial charge in [0.2, 0.25) is 5.91 Å². The summed E-state index contributed by atoms with van der Waals surface area (Å²) < 4.78 is 0.819. The van der Waals surface area contributed by atoms with Crippen molar-refractivity contribution in [2.45, 2.75) is 22.6 Å². The third-order valence-electron chi connectivity index (χ3n) is 3.01. The zero-order valence-electron chi connectivity index (χ0n) is 12.1. The molecular formula is C13H18N4OS3. The Bertz CT molecular complexity index is 542. The summed E-state index contributed by atoms with van der Waals surface area (Å²) in [7, 11) is 4.04. The smallest absolute Gasteiger partial charge is 0.233 e. The van der Waals surface area contributed by atoms with Crippen molar-refractivity contribution >= 4 is 40.3 Å². The SMILES string of the molecule is C[C@@H](Sc1nncs1)C(=O)NC[C@H](c1ccsc1)N(C)C. The normalized spacial score (nSPS) is 14.1. The van der Waals surface area contributed by atoms with Crippen LogP contribution in [-0.2, 0) is 4.79 Å². The largest absolute Gasteiger partial charge is 0.353 e. The molecule has 0 aliphatic heterocycles. The highest BCUT2D eigenvalue weighted by Gasteiger charge is 2.19.